The number of hydrogen-bond donors (Lipinski definition) is 0. The maximum atomic E-state index is 11.1. The number of ether oxygens (including phenoxy) is 1. The fraction of sp³-hybridized carbons (Fsp3) is 0.750. The Kier molecular flexibility index (Phi) is 3.16. The minimum atomic E-state index is -0.662. The molecule has 0 aromatic rings. The molecule has 6 nitrogen and oxygen atoms in total. The highest BCUT2D eigenvalue weighted by Gasteiger charge is 2.29. The molecule has 14 heavy (non-hydrogen) atoms. The second kappa shape index (κ2) is 4.17. The van der Waals surface area contributed by atoms with Crippen LogP contribution in [0.15, 0.2) is 4.99 Å². The summed E-state index contributed by atoms with van der Waals surface area (Å²) in [5.74, 6) is -0.448. The molecule has 0 amide bonds. The Morgan fingerprint density at radius 2 is 2.29 bits per heavy atom. The van der Waals surface area contributed by atoms with Crippen LogP contribution in [-0.2, 0) is 9.53 Å². The number of carbonyl (C=O) groups excluding carboxylic acids is 1. The van der Waals surface area contributed by atoms with Crippen LogP contribution in [0.25, 0.3) is 0 Å². The summed E-state index contributed by atoms with van der Waals surface area (Å²) >= 11 is 0. The van der Waals surface area contributed by atoms with Gasteiger partial charge in [-0.15, -0.1) is 0 Å². The van der Waals surface area contributed by atoms with Gasteiger partial charge in [-0.1, -0.05) is 13.8 Å². The zero-order chi connectivity index (χ0) is 10.7. The Morgan fingerprint density at radius 1 is 1.64 bits per heavy atom. The smallest absolute Gasteiger partial charge is 0.354 e. The van der Waals surface area contributed by atoms with Crippen LogP contribution in [0, 0.1) is 16.0 Å². The van der Waals surface area contributed by atoms with Crippen LogP contribution in [0.2, 0.25) is 0 Å². The van der Waals surface area contributed by atoms with Crippen LogP contribution in [0.3, 0.4) is 0 Å². The molecule has 0 aromatic carbocycles. The van der Waals surface area contributed by atoms with Crippen molar-refractivity contribution in [3.05, 3.63) is 10.1 Å². The molecule has 0 saturated heterocycles. The summed E-state index contributed by atoms with van der Waals surface area (Å²) < 4.78 is 4.84. The van der Waals surface area contributed by atoms with Crippen molar-refractivity contribution in [2.75, 3.05) is 6.54 Å². The van der Waals surface area contributed by atoms with Crippen molar-refractivity contribution in [3.63, 3.8) is 0 Å². The Bertz CT molecular complexity index is 285. The van der Waals surface area contributed by atoms with E-state index in [1.54, 1.807) is 0 Å². The molecule has 1 aliphatic heterocycles. The van der Waals surface area contributed by atoms with Gasteiger partial charge in [-0.05, 0) is 0 Å². The van der Waals surface area contributed by atoms with Crippen molar-refractivity contribution in [2.24, 2.45) is 10.9 Å². The van der Waals surface area contributed by atoms with Crippen molar-refractivity contribution in [1.29, 1.82) is 0 Å². The van der Waals surface area contributed by atoms with E-state index in [0.717, 1.165) is 0 Å². The fourth-order valence-corrected chi connectivity index (χ4v) is 1.14. The van der Waals surface area contributed by atoms with Gasteiger partial charge < -0.3 is 4.74 Å². The van der Waals surface area contributed by atoms with Crippen molar-refractivity contribution >= 4 is 11.7 Å². The van der Waals surface area contributed by atoms with Gasteiger partial charge in [0.05, 0.1) is 6.42 Å². The average Bonchev–Trinajstić information content (AvgIpc) is 2.43. The highest BCUT2D eigenvalue weighted by molar-refractivity contribution is 6.38. The standard InChI is InChI=1S/C8H12N2O4/c1-5(2)7-8(11)14-6(9-7)3-4-10(12)13/h5-6H,3-4H2,1-2H3. The number of nitro groups is 1. The normalized spacial score (nSPS) is 20.9. The van der Waals surface area contributed by atoms with Gasteiger partial charge in [0.25, 0.3) is 0 Å². The van der Waals surface area contributed by atoms with Crippen molar-refractivity contribution in [3.8, 4) is 0 Å². The number of nitrogens with zero attached hydrogens (tertiary/aromatic N) is 2. The van der Waals surface area contributed by atoms with E-state index in [-0.39, 0.29) is 18.9 Å². The summed E-state index contributed by atoms with van der Waals surface area (Å²) in [5, 5.41) is 10.1. The van der Waals surface area contributed by atoms with Crippen molar-refractivity contribution in [2.45, 2.75) is 26.5 Å². The zero-order valence-corrected chi connectivity index (χ0v) is 8.10. The number of carbonyl (C=O) groups is 1. The van der Waals surface area contributed by atoms with Gasteiger partial charge in [0.2, 0.25) is 6.54 Å². The molecule has 0 fully saturated rings. The quantitative estimate of drug-likeness (QED) is 0.378. The number of esters is 1. The van der Waals surface area contributed by atoms with Gasteiger partial charge in [0, 0.05) is 10.8 Å². The molecule has 1 aliphatic rings. The maximum Gasteiger partial charge on any atom is 0.354 e. The van der Waals surface area contributed by atoms with Crippen LogP contribution >= 0.6 is 0 Å². The Balaban J connectivity index is 2.52. The summed E-state index contributed by atoms with van der Waals surface area (Å²) in [4.78, 5) is 24.8. The number of aliphatic imine (C=N–C) groups is 1. The molecule has 0 bridgehead atoms. The summed E-state index contributed by atoms with van der Waals surface area (Å²) in [6, 6.07) is 0. The molecular weight excluding hydrogens is 188 g/mol. The molecule has 1 heterocycles. The monoisotopic (exact) mass is 200 g/mol. The van der Waals surface area contributed by atoms with E-state index in [2.05, 4.69) is 4.99 Å². The molecule has 0 saturated carbocycles. The second-order valence-corrected chi connectivity index (χ2v) is 3.37. The third-order valence-electron chi connectivity index (χ3n) is 1.84. The predicted octanol–water partition coefficient (Wildman–Crippen LogP) is 0.633. The molecule has 78 valence electrons. The Morgan fingerprint density at radius 3 is 2.71 bits per heavy atom. The first-order chi connectivity index (χ1) is 6.50. The molecule has 1 rings (SSSR count). The molecule has 0 radical (unpaired) electrons. The summed E-state index contributed by atoms with van der Waals surface area (Å²) in [6.07, 6.45) is -0.514. The van der Waals surface area contributed by atoms with Crippen molar-refractivity contribution in [1.82, 2.24) is 0 Å². The Labute approximate surface area is 81.1 Å². The molecular formula is C8H12N2O4. The molecule has 0 aliphatic carbocycles. The van der Waals surface area contributed by atoms with Crippen LogP contribution in [0.4, 0.5) is 0 Å². The lowest BCUT2D eigenvalue weighted by molar-refractivity contribution is -0.481. The maximum absolute atomic E-state index is 11.1. The summed E-state index contributed by atoms with van der Waals surface area (Å²) in [7, 11) is 0. The lowest BCUT2D eigenvalue weighted by Crippen LogP contribution is -2.17. The first kappa shape index (κ1) is 10.6. The van der Waals surface area contributed by atoms with E-state index in [9.17, 15) is 14.9 Å². The largest absolute Gasteiger partial charge is 0.435 e. The minimum Gasteiger partial charge on any atom is -0.435 e. The summed E-state index contributed by atoms with van der Waals surface area (Å²) in [5.41, 5.74) is 0.373. The third-order valence-corrected chi connectivity index (χ3v) is 1.84. The second-order valence-electron chi connectivity index (χ2n) is 3.37. The van der Waals surface area contributed by atoms with E-state index in [4.69, 9.17) is 4.74 Å². The lowest BCUT2D eigenvalue weighted by Gasteiger charge is -2.01. The molecule has 1 atom stereocenters. The van der Waals surface area contributed by atoms with Crippen LogP contribution in [0.1, 0.15) is 20.3 Å². The first-order valence-corrected chi connectivity index (χ1v) is 4.41. The van der Waals surface area contributed by atoms with E-state index in [0.29, 0.717) is 5.71 Å². The minimum absolute atomic E-state index is 0.00288. The summed E-state index contributed by atoms with van der Waals surface area (Å²) in [6.45, 7) is 3.43. The van der Waals surface area contributed by atoms with Gasteiger partial charge in [-0.3, -0.25) is 10.1 Å². The molecule has 0 spiro atoms. The highest BCUT2D eigenvalue weighted by Crippen LogP contribution is 2.14. The van der Waals surface area contributed by atoms with E-state index >= 15 is 0 Å². The molecule has 0 N–H and O–H groups in total. The topological polar surface area (TPSA) is 81.8 Å². The molecule has 1 unspecified atom stereocenters. The van der Waals surface area contributed by atoms with E-state index < -0.39 is 17.1 Å². The van der Waals surface area contributed by atoms with Crippen LogP contribution < -0.4 is 0 Å². The fourth-order valence-electron chi connectivity index (χ4n) is 1.14. The van der Waals surface area contributed by atoms with Gasteiger partial charge in [-0.25, -0.2) is 9.79 Å². The van der Waals surface area contributed by atoms with E-state index in [1.165, 1.54) is 0 Å². The Hall–Kier alpha value is -1.46. The van der Waals surface area contributed by atoms with E-state index in [1.807, 2.05) is 13.8 Å². The number of rotatable bonds is 4. The van der Waals surface area contributed by atoms with Gasteiger partial charge in [0.15, 0.2) is 6.23 Å². The molecule has 6 heteroatoms. The number of hydrogen-bond acceptors (Lipinski definition) is 5. The SMILES string of the molecule is CC(C)C1=NC(CC[N+](=O)[O-])OC1=O. The predicted molar refractivity (Wildman–Crippen MR) is 48.6 cm³/mol. The third kappa shape index (κ3) is 2.51. The zero-order valence-electron chi connectivity index (χ0n) is 8.10. The molecule has 0 aromatic heterocycles. The first-order valence-electron chi connectivity index (χ1n) is 4.41. The average molecular weight is 200 g/mol. The highest BCUT2D eigenvalue weighted by atomic mass is 16.6. The lowest BCUT2D eigenvalue weighted by atomic mass is 10.1. The van der Waals surface area contributed by atoms with Crippen LogP contribution in [-0.4, -0.2) is 29.4 Å². The van der Waals surface area contributed by atoms with Gasteiger partial charge in [-0.2, -0.15) is 0 Å². The van der Waals surface area contributed by atoms with Crippen molar-refractivity contribution < 1.29 is 14.5 Å². The number of cyclic esters (lactones) is 1. The van der Waals surface area contributed by atoms with Crippen LogP contribution in [0.5, 0.6) is 0 Å². The van der Waals surface area contributed by atoms with Gasteiger partial charge >= 0.3 is 5.97 Å². The van der Waals surface area contributed by atoms with Gasteiger partial charge in [0.1, 0.15) is 5.71 Å².